The topological polar surface area (TPSA) is 64.3 Å². The maximum Gasteiger partial charge on any atom is 0.227 e. The summed E-state index contributed by atoms with van der Waals surface area (Å²) in [6.07, 6.45) is 6.25. The van der Waals surface area contributed by atoms with Gasteiger partial charge in [-0.3, -0.25) is 4.79 Å². The third-order valence-electron chi connectivity index (χ3n) is 4.51. The van der Waals surface area contributed by atoms with Gasteiger partial charge in [0.15, 0.2) is 0 Å². The Morgan fingerprint density at radius 1 is 1.41 bits per heavy atom. The fourth-order valence-corrected chi connectivity index (χ4v) is 3.03. The van der Waals surface area contributed by atoms with Crippen LogP contribution >= 0.6 is 0 Å². The molecule has 0 radical (unpaired) electrons. The van der Waals surface area contributed by atoms with Gasteiger partial charge in [0.25, 0.3) is 0 Å². The van der Waals surface area contributed by atoms with Gasteiger partial charge in [-0.15, -0.1) is 0 Å². The molecule has 1 saturated carbocycles. The number of carbonyl (C=O) groups excluding carboxylic acids is 1. The first-order chi connectivity index (χ1) is 8.17. The molecule has 17 heavy (non-hydrogen) atoms. The molecule has 1 amide bonds. The third-order valence-corrected chi connectivity index (χ3v) is 4.51. The van der Waals surface area contributed by atoms with E-state index in [9.17, 15) is 4.79 Å². The summed E-state index contributed by atoms with van der Waals surface area (Å²) < 4.78 is 5.23. The lowest BCUT2D eigenvalue weighted by Crippen LogP contribution is -2.44. The SMILES string of the molecule is CCC1(CNC(=O)C2COCC2N)CCCC1. The van der Waals surface area contributed by atoms with Gasteiger partial charge in [0.05, 0.1) is 19.1 Å². The Kier molecular flexibility index (Phi) is 4.05. The molecule has 0 aromatic carbocycles. The van der Waals surface area contributed by atoms with Crippen molar-refractivity contribution in [3.05, 3.63) is 0 Å². The van der Waals surface area contributed by atoms with Crippen molar-refractivity contribution in [1.29, 1.82) is 0 Å². The Bertz CT molecular complexity index is 275. The summed E-state index contributed by atoms with van der Waals surface area (Å²) in [6.45, 7) is 4.02. The van der Waals surface area contributed by atoms with Crippen LogP contribution in [0.4, 0.5) is 0 Å². The van der Waals surface area contributed by atoms with Crippen LogP contribution in [-0.2, 0) is 9.53 Å². The molecule has 2 rings (SSSR count). The van der Waals surface area contributed by atoms with E-state index in [1.165, 1.54) is 25.7 Å². The standard InChI is InChI=1S/C13H24N2O2/c1-2-13(5-3-4-6-13)9-15-12(16)10-7-17-8-11(10)14/h10-11H,2-9,14H2,1H3,(H,15,16). The predicted octanol–water partition coefficient (Wildman–Crippen LogP) is 1.05. The van der Waals surface area contributed by atoms with Crippen molar-refractivity contribution in [3.63, 3.8) is 0 Å². The highest BCUT2D eigenvalue weighted by molar-refractivity contribution is 5.79. The zero-order valence-electron chi connectivity index (χ0n) is 10.7. The summed E-state index contributed by atoms with van der Waals surface area (Å²) in [5, 5.41) is 3.09. The lowest BCUT2D eigenvalue weighted by molar-refractivity contribution is -0.125. The van der Waals surface area contributed by atoms with E-state index in [1.54, 1.807) is 0 Å². The Balaban J connectivity index is 1.82. The highest BCUT2D eigenvalue weighted by atomic mass is 16.5. The highest BCUT2D eigenvalue weighted by Gasteiger charge is 2.35. The van der Waals surface area contributed by atoms with E-state index < -0.39 is 0 Å². The van der Waals surface area contributed by atoms with Crippen molar-refractivity contribution in [3.8, 4) is 0 Å². The van der Waals surface area contributed by atoms with Gasteiger partial charge in [-0.25, -0.2) is 0 Å². The van der Waals surface area contributed by atoms with Crippen molar-refractivity contribution in [2.45, 2.75) is 45.1 Å². The second-order valence-corrected chi connectivity index (χ2v) is 5.59. The highest BCUT2D eigenvalue weighted by Crippen LogP contribution is 2.40. The molecule has 1 aliphatic carbocycles. The fourth-order valence-electron chi connectivity index (χ4n) is 3.03. The summed E-state index contributed by atoms with van der Waals surface area (Å²) in [7, 11) is 0. The van der Waals surface area contributed by atoms with Gasteiger partial charge in [0.2, 0.25) is 5.91 Å². The molecule has 1 heterocycles. The van der Waals surface area contributed by atoms with E-state index in [4.69, 9.17) is 10.5 Å². The Labute approximate surface area is 103 Å². The van der Waals surface area contributed by atoms with Crippen LogP contribution in [0.1, 0.15) is 39.0 Å². The molecule has 0 aromatic rings. The predicted molar refractivity (Wildman–Crippen MR) is 66.5 cm³/mol. The van der Waals surface area contributed by atoms with Crippen molar-refractivity contribution in [2.24, 2.45) is 17.1 Å². The lowest BCUT2D eigenvalue weighted by atomic mass is 9.83. The first kappa shape index (κ1) is 12.8. The van der Waals surface area contributed by atoms with Crippen LogP contribution in [0.15, 0.2) is 0 Å². The average Bonchev–Trinajstić information content (AvgIpc) is 2.95. The normalized spacial score (nSPS) is 31.6. The molecule has 1 saturated heterocycles. The number of ether oxygens (including phenoxy) is 1. The van der Waals surface area contributed by atoms with Gasteiger partial charge in [-0.2, -0.15) is 0 Å². The van der Waals surface area contributed by atoms with Crippen LogP contribution < -0.4 is 11.1 Å². The summed E-state index contributed by atoms with van der Waals surface area (Å²) in [5.74, 6) is -0.0694. The number of rotatable bonds is 4. The van der Waals surface area contributed by atoms with Gasteiger partial charge in [0, 0.05) is 12.6 Å². The monoisotopic (exact) mass is 240 g/mol. The number of hydrogen-bond donors (Lipinski definition) is 2. The van der Waals surface area contributed by atoms with Gasteiger partial charge >= 0.3 is 0 Å². The van der Waals surface area contributed by atoms with E-state index in [-0.39, 0.29) is 17.9 Å². The van der Waals surface area contributed by atoms with Crippen LogP contribution in [0, 0.1) is 11.3 Å². The molecular formula is C13H24N2O2. The van der Waals surface area contributed by atoms with Crippen molar-refractivity contribution < 1.29 is 9.53 Å². The Morgan fingerprint density at radius 3 is 2.65 bits per heavy atom. The molecule has 1 aliphatic heterocycles. The maximum absolute atomic E-state index is 12.0. The molecule has 4 heteroatoms. The Morgan fingerprint density at radius 2 is 2.12 bits per heavy atom. The Hall–Kier alpha value is -0.610. The third kappa shape index (κ3) is 2.80. The lowest BCUT2D eigenvalue weighted by Gasteiger charge is -2.28. The molecule has 3 N–H and O–H groups in total. The number of carbonyl (C=O) groups is 1. The molecule has 2 unspecified atom stereocenters. The fraction of sp³-hybridized carbons (Fsp3) is 0.923. The van der Waals surface area contributed by atoms with Gasteiger partial charge in [-0.05, 0) is 24.7 Å². The molecule has 2 aliphatic rings. The van der Waals surface area contributed by atoms with Gasteiger partial charge < -0.3 is 15.8 Å². The molecular weight excluding hydrogens is 216 g/mol. The zero-order chi connectivity index (χ0) is 12.3. The summed E-state index contributed by atoms with van der Waals surface area (Å²) in [4.78, 5) is 12.0. The zero-order valence-corrected chi connectivity index (χ0v) is 10.7. The second kappa shape index (κ2) is 5.36. The minimum atomic E-state index is -0.148. The number of amides is 1. The maximum atomic E-state index is 12.0. The molecule has 4 nitrogen and oxygen atoms in total. The molecule has 0 spiro atoms. The van der Waals surface area contributed by atoms with E-state index in [0.717, 1.165) is 13.0 Å². The summed E-state index contributed by atoms with van der Waals surface area (Å²) in [5.41, 5.74) is 6.19. The van der Waals surface area contributed by atoms with Crippen LogP contribution in [0.3, 0.4) is 0 Å². The van der Waals surface area contributed by atoms with Crippen molar-refractivity contribution >= 4 is 5.91 Å². The minimum Gasteiger partial charge on any atom is -0.379 e. The first-order valence-corrected chi connectivity index (χ1v) is 6.78. The van der Waals surface area contributed by atoms with Crippen LogP contribution in [0.25, 0.3) is 0 Å². The van der Waals surface area contributed by atoms with Crippen LogP contribution in [-0.4, -0.2) is 31.7 Å². The average molecular weight is 240 g/mol. The molecule has 2 atom stereocenters. The van der Waals surface area contributed by atoms with Gasteiger partial charge in [-0.1, -0.05) is 19.8 Å². The van der Waals surface area contributed by atoms with E-state index in [1.807, 2.05) is 0 Å². The number of nitrogens with two attached hydrogens (primary N) is 1. The van der Waals surface area contributed by atoms with Crippen LogP contribution in [0.2, 0.25) is 0 Å². The van der Waals surface area contributed by atoms with Crippen molar-refractivity contribution in [2.75, 3.05) is 19.8 Å². The minimum absolute atomic E-state index is 0.0784. The molecule has 2 fully saturated rings. The second-order valence-electron chi connectivity index (χ2n) is 5.59. The molecule has 0 aromatic heterocycles. The van der Waals surface area contributed by atoms with Crippen LogP contribution in [0.5, 0.6) is 0 Å². The smallest absolute Gasteiger partial charge is 0.227 e. The molecule has 98 valence electrons. The largest absolute Gasteiger partial charge is 0.379 e. The number of hydrogen-bond acceptors (Lipinski definition) is 3. The van der Waals surface area contributed by atoms with Crippen molar-refractivity contribution in [1.82, 2.24) is 5.32 Å². The summed E-state index contributed by atoms with van der Waals surface area (Å²) in [6, 6.07) is -0.129. The van der Waals surface area contributed by atoms with E-state index in [0.29, 0.717) is 18.6 Å². The first-order valence-electron chi connectivity index (χ1n) is 6.78. The number of nitrogens with one attached hydrogen (secondary N) is 1. The van der Waals surface area contributed by atoms with E-state index in [2.05, 4.69) is 12.2 Å². The van der Waals surface area contributed by atoms with E-state index >= 15 is 0 Å². The quantitative estimate of drug-likeness (QED) is 0.772. The van der Waals surface area contributed by atoms with Gasteiger partial charge in [0.1, 0.15) is 0 Å². The molecule has 0 bridgehead atoms. The summed E-state index contributed by atoms with van der Waals surface area (Å²) >= 11 is 0.